The molecule has 2 rings (SSSR count). The Balaban J connectivity index is 1.99. The van der Waals surface area contributed by atoms with Crippen LogP contribution in [0.4, 0.5) is 5.69 Å². The van der Waals surface area contributed by atoms with Crippen molar-refractivity contribution < 1.29 is 19.1 Å². The van der Waals surface area contributed by atoms with Gasteiger partial charge in [-0.05, 0) is 32.0 Å². The van der Waals surface area contributed by atoms with Crippen LogP contribution in [0.5, 0.6) is 5.75 Å². The molecule has 0 spiro atoms. The zero-order chi connectivity index (χ0) is 17.0. The van der Waals surface area contributed by atoms with E-state index in [9.17, 15) is 14.4 Å². The number of rotatable bonds is 5. The number of fused-ring (bicyclic) bond motifs is 1. The summed E-state index contributed by atoms with van der Waals surface area (Å²) in [6.45, 7) is 3.16. The van der Waals surface area contributed by atoms with Crippen molar-refractivity contribution >= 4 is 35.0 Å². The molecule has 0 unspecified atom stereocenters. The molecule has 1 aromatic rings. The molecule has 8 heteroatoms. The molecule has 7 nitrogen and oxygen atoms in total. The monoisotopic (exact) mass is 339 g/mol. The predicted molar refractivity (Wildman–Crippen MR) is 85.6 cm³/mol. The van der Waals surface area contributed by atoms with Gasteiger partial charge in [-0.25, -0.2) is 0 Å². The van der Waals surface area contributed by atoms with E-state index in [0.717, 1.165) is 0 Å². The first-order chi connectivity index (χ1) is 10.9. The van der Waals surface area contributed by atoms with Crippen molar-refractivity contribution in [3.8, 4) is 5.75 Å². The molecular formula is C15H18ClN3O4. The highest BCUT2D eigenvalue weighted by Gasteiger charge is 2.27. The molecule has 0 aliphatic carbocycles. The van der Waals surface area contributed by atoms with E-state index in [1.807, 2.05) is 13.8 Å². The second-order valence-electron chi connectivity index (χ2n) is 5.38. The van der Waals surface area contributed by atoms with Gasteiger partial charge in [0.15, 0.2) is 6.61 Å². The number of nitrogens with one attached hydrogen (secondary N) is 2. The van der Waals surface area contributed by atoms with E-state index in [0.29, 0.717) is 16.5 Å². The number of carbonyl (C=O) groups is 3. The molecule has 1 aliphatic rings. The second-order valence-corrected chi connectivity index (χ2v) is 5.82. The number of hydrogen-bond acceptors (Lipinski definition) is 4. The molecule has 0 saturated carbocycles. The molecule has 0 fully saturated rings. The average Bonchev–Trinajstić information content (AvgIpc) is 2.47. The topological polar surface area (TPSA) is 87.7 Å². The standard InChI is InChI=1S/C15H18ClN3O4/c1-9(2)18-13(20)6-17-14(21)7-19-11-5-10(16)3-4-12(11)23-8-15(19)22/h3-5,9H,6-8H2,1-2H3,(H,17,21)(H,18,20). The van der Waals surface area contributed by atoms with Crippen LogP contribution in [0.3, 0.4) is 0 Å². The molecule has 1 aliphatic heterocycles. The van der Waals surface area contributed by atoms with Crippen molar-refractivity contribution in [3.63, 3.8) is 0 Å². The average molecular weight is 340 g/mol. The van der Waals surface area contributed by atoms with Crippen molar-refractivity contribution in [3.05, 3.63) is 23.2 Å². The molecule has 23 heavy (non-hydrogen) atoms. The summed E-state index contributed by atoms with van der Waals surface area (Å²) in [4.78, 5) is 36.8. The highest BCUT2D eigenvalue weighted by molar-refractivity contribution is 6.31. The number of nitrogens with zero attached hydrogens (tertiary/aromatic N) is 1. The molecule has 1 aromatic carbocycles. The maximum atomic E-state index is 12.0. The van der Waals surface area contributed by atoms with Crippen LogP contribution in [0.2, 0.25) is 5.02 Å². The summed E-state index contributed by atoms with van der Waals surface area (Å²) in [7, 11) is 0. The van der Waals surface area contributed by atoms with Crippen LogP contribution in [-0.2, 0) is 14.4 Å². The van der Waals surface area contributed by atoms with Crippen LogP contribution in [0, 0.1) is 0 Å². The van der Waals surface area contributed by atoms with Crippen molar-refractivity contribution in [2.45, 2.75) is 19.9 Å². The Labute approximate surface area is 138 Å². The lowest BCUT2D eigenvalue weighted by molar-refractivity contribution is -0.127. The highest BCUT2D eigenvalue weighted by Crippen LogP contribution is 2.34. The summed E-state index contributed by atoms with van der Waals surface area (Å²) in [5.74, 6) is -0.587. The van der Waals surface area contributed by atoms with Gasteiger partial charge in [0.1, 0.15) is 12.3 Å². The zero-order valence-corrected chi connectivity index (χ0v) is 13.6. The molecule has 2 N–H and O–H groups in total. The summed E-state index contributed by atoms with van der Waals surface area (Å²) in [5, 5.41) is 5.58. The van der Waals surface area contributed by atoms with Crippen molar-refractivity contribution in [2.75, 3.05) is 24.6 Å². The van der Waals surface area contributed by atoms with E-state index in [1.165, 1.54) is 4.90 Å². The normalized spacial score (nSPS) is 13.4. The quantitative estimate of drug-likeness (QED) is 0.827. The van der Waals surface area contributed by atoms with Gasteiger partial charge in [-0.2, -0.15) is 0 Å². The van der Waals surface area contributed by atoms with Crippen molar-refractivity contribution in [1.29, 1.82) is 0 Å². The summed E-state index contributed by atoms with van der Waals surface area (Å²) >= 11 is 5.93. The van der Waals surface area contributed by atoms with Crippen LogP contribution < -0.4 is 20.3 Å². The van der Waals surface area contributed by atoms with Gasteiger partial charge < -0.3 is 15.4 Å². The Morgan fingerprint density at radius 1 is 1.35 bits per heavy atom. The summed E-state index contributed by atoms with van der Waals surface area (Å²) in [6.07, 6.45) is 0. The summed E-state index contributed by atoms with van der Waals surface area (Å²) < 4.78 is 5.30. The van der Waals surface area contributed by atoms with E-state index in [2.05, 4.69) is 10.6 Å². The van der Waals surface area contributed by atoms with Gasteiger partial charge in [-0.1, -0.05) is 11.6 Å². The number of benzene rings is 1. The van der Waals surface area contributed by atoms with Gasteiger partial charge in [0.05, 0.1) is 12.2 Å². The van der Waals surface area contributed by atoms with E-state index in [4.69, 9.17) is 16.3 Å². The molecule has 0 saturated heterocycles. The van der Waals surface area contributed by atoms with Gasteiger partial charge >= 0.3 is 0 Å². The number of anilines is 1. The van der Waals surface area contributed by atoms with Crippen molar-refractivity contribution in [2.24, 2.45) is 0 Å². The number of amides is 3. The molecule has 0 bridgehead atoms. The fourth-order valence-corrected chi connectivity index (χ4v) is 2.27. The maximum Gasteiger partial charge on any atom is 0.265 e. The Bertz CT molecular complexity index is 633. The lowest BCUT2D eigenvalue weighted by Crippen LogP contribution is -2.47. The minimum atomic E-state index is -0.440. The number of hydrogen-bond donors (Lipinski definition) is 2. The van der Waals surface area contributed by atoms with Crippen LogP contribution in [0.1, 0.15) is 13.8 Å². The molecule has 0 atom stereocenters. The first-order valence-corrected chi connectivity index (χ1v) is 7.53. The Morgan fingerprint density at radius 2 is 2.09 bits per heavy atom. The first kappa shape index (κ1) is 17.1. The van der Waals surface area contributed by atoms with Gasteiger partial charge in [-0.3, -0.25) is 19.3 Å². The molecule has 124 valence electrons. The van der Waals surface area contributed by atoms with E-state index in [-0.39, 0.29) is 37.6 Å². The SMILES string of the molecule is CC(C)NC(=O)CNC(=O)CN1C(=O)COc2ccc(Cl)cc21. The molecule has 3 amide bonds. The Kier molecular flexibility index (Phi) is 5.44. The first-order valence-electron chi connectivity index (χ1n) is 7.15. The van der Waals surface area contributed by atoms with E-state index >= 15 is 0 Å². The fraction of sp³-hybridized carbons (Fsp3) is 0.400. The Hall–Kier alpha value is -2.28. The van der Waals surface area contributed by atoms with Gasteiger partial charge in [0, 0.05) is 11.1 Å². The lowest BCUT2D eigenvalue weighted by Gasteiger charge is -2.28. The molecule has 0 radical (unpaired) electrons. The highest BCUT2D eigenvalue weighted by atomic mass is 35.5. The third-order valence-electron chi connectivity index (χ3n) is 3.06. The molecular weight excluding hydrogens is 322 g/mol. The van der Waals surface area contributed by atoms with Gasteiger partial charge in [0.2, 0.25) is 11.8 Å². The Morgan fingerprint density at radius 3 is 2.78 bits per heavy atom. The number of ether oxygens (including phenoxy) is 1. The minimum Gasteiger partial charge on any atom is -0.482 e. The summed E-state index contributed by atoms with van der Waals surface area (Å²) in [6, 6.07) is 4.84. The largest absolute Gasteiger partial charge is 0.482 e. The predicted octanol–water partition coefficient (Wildman–Crippen LogP) is 0.706. The fourth-order valence-electron chi connectivity index (χ4n) is 2.10. The third kappa shape index (κ3) is 4.59. The smallest absolute Gasteiger partial charge is 0.265 e. The maximum absolute atomic E-state index is 12.0. The number of halogens is 1. The van der Waals surface area contributed by atoms with Crippen molar-refractivity contribution in [1.82, 2.24) is 10.6 Å². The van der Waals surface area contributed by atoms with Crippen LogP contribution >= 0.6 is 11.6 Å². The third-order valence-corrected chi connectivity index (χ3v) is 3.30. The number of carbonyl (C=O) groups excluding carboxylic acids is 3. The van der Waals surface area contributed by atoms with Crippen LogP contribution in [0.25, 0.3) is 0 Å². The zero-order valence-electron chi connectivity index (χ0n) is 12.9. The lowest BCUT2D eigenvalue weighted by atomic mass is 10.2. The van der Waals surface area contributed by atoms with Crippen LogP contribution in [-0.4, -0.2) is 43.5 Å². The molecule has 1 heterocycles. The summed E-state index contributed by atoms with van der Waals surface area (Å²) in [5.41, 5.74) is 0.440. The van der Waals surface area contributed by atoms with Gasteiger partial charge in [-0.15, -0.1) is 0 Å². The minimum absolute atomic E-state index is 0.00533. The van der Waals surface area contributed by atoms with Crippen LogP contribution in [0.15, 0.2) is 18.2 Å². The van der Waals surface area contributed by atoms with E-state index in [1.54, 1.807) is 18.2 Å². The molecule has 0 aromatic heterocycles. The second kappa shape index (κ2) is 7.32. The van der Waals surface area contributed by atoms with E-state index < -0.39 is 5.91 Å². The van der Waals surface area contributed by atoms with Gasteiger partial charge in [0.25, 0.3) is 5.91 Å².